The van der Waals surface area contributed by atoms with Crippen molar-refractivity contribution in [2.75, 3.05) is 6.54 Å². The molecule has 0 aromatic carbocycles. The van der Waals surface area contributed by atoms with Crippen LogP contribution in [0, 0.1) is 5.92 Å². The molecule has 2 aromatic heterocycles. The first-order valence-corrected chi connectivity index (χ1v) is 8.27. The molecule has 3 heterocycles. The molecule has 1 fully saturated rings. The standard InChI is InChI=1S/C18H21N3O2/c22-18(10-14-6-7-14)21-11-15-4-3-9-20(15)12-16(13-21)23-17-5-1-2-8-19-17/h1-5,8-9,14,16H,6-7,10-13H2/t16-/m0/s1. The van der Waals surface area contributed by atoms with Crippen molar-refractivity contribution in [2.45, 2.75) is 38.5 Å². The fraction of sp³-hybridized carbons (Fsp3) is 0.444. The molecule has 5 heteroatoms. The third kappa shape index (κ3) is 3.38. The number of amides is 1. The van der Waals surface area contributed by atoms with E-state index in [9.17, 15) is 4.79 Å². The molecule has 1 atom stereocenters. The fourth-order valence-corrected chi connectivity index (χ4v) is 3.10. The van der Waals surface area contributed by atoms with Gasteiger partial charge in [-0.05, 0) is 37.0 Å². The normalized spacial score (nSPS) is 20.7. The van der Waals surface area contributed by atoms with Gasteiger partial charge in [0.25, 0.3) is 0 Å². The van der Waals surface area contributed by atoms with E-state index in [2.05, 4.69) is 21.8 Å². The van der Waals surface area contributed by atoms with Crippen molar-refractivity contribution in [3.05, 3.63) is 48.4 Å². The maximum atomic E-state index is 12.6. The molecule has 1 saturated carbocycles. The highest BCUT2D eigenvalue weighted by Crippen LogP contribution is 2.33. The second-order valence-electron chi connectivity index (χ2n) is 6.48. The Bertz CT molecular complexity index is 679. The quantitative estimate of drug-likeness (QED) is 0.871. The Morgan fingerprint density at radius 1 is 1.22 bits per heavy atom. The Morgan fingerprint density at radius 3 is 2.91 bits per heavy atom. The van der Waals surface area contributed by atoms with Crippen molar-refractivity contribution in [1.29, 1.82) is 0 Å². The Labute approximate surface area is 135 Å². The second kappa shape index (κ2) is 6.07. The minimum Gasteiger partial charge on any atom is -0.471 e. The SMILES string of the molecule is O=C(CC1CC1)N1Cc2cccn2C[C@H](Oc2ccccn2)C1. The van der Waals surface area contributed by atoms with Gasteiger partial charge in [0.15, 0.2) is 0 Å². The lowest BCUT2D eigenvalue weighted by Crippen LogP contribution is -2.38. The van der Waals surface area contributed by atoms with Gasteiger partial charge < -0.3 is 14.2 Å². The molecule has 120 valence electrons. The van der Waals surface area contributed by atoms with Crippen LogP contribution in [-0.2, 0) is 17.9 Å². The smallest absolute Gasteiger partial charge is 0.223 e. The monoisotopic (exact) mass is 311 g/mol. The van der Waals surface area contributed by atoms with Gasteiger partial charge in [-0.25, -0.2) is 4.98 Å². The maximum Gasteiger partial charge on any atom is 0.223 e. The summed E-state index contributed by atoms with van der Waals surface area (Å²) in [6, 6.07) is 9.76. The van der Waals surface area contributed by atoms with E-state index in [-0.39, 0.29) is 12.0 Å². The molecule has 1 aliphatic heterocycles. The van der Waals surface area contributed by atoms with Crippen LogP contribution in [0.15, 0.2) is 42.7 Å². The zero-order valence-electron chi connectivity index (χ0n) is 13.1. The summed E-state index contributed by atoms with van der Waals surface area (Å²) in [7, 11) is 0. The van der Waals surface area contributed by atoms with Gasteiger partial charge in [0, 0.05) is 30.6 Å². The average Bonchev–Trinajstić information content (AvgIpc) is 3.30. The largest absolute Gasteiger partial charge is 0.471 e. The van der Waals surface area contributed by atoms with E-state index < -0.39 is 0 Å². The lowest BCUT2D eigenvalue weighted by atomic mass is 10.2. The van der Waals surface area contributed by atoms with Crippen LogP contribution in [0.25, 0.3) is 0 Å². The molecule has 5 nitrogen and oxygen atoms in total. The Hall–Kier alpha value is -2.30. The lowest BCUT2D eigenvalue weighted by Gasteiger charge is -2.24. The summed E-state index contributed by atoms with van der Waals surface area (Å²) >= 11 is 0. The molecule has 0 saturated heterocycles. The van der Waals surface area contributed by atoms with E-state index in [0.29, 0.717) is 31.3 Å². The highest BCUT2D eigenvalue weighted by Gasteiger charge is 2.30. The van der Waals surface area contributed by atoms with Gasteiger partial charge in [-0.3, -0.25) is 4.79 Å². The molecule has 1 aliphatic carbocycles. The van der Waals surface area contributed by atoms with Gasteiger partial charge >= 0.3 is 0 Å². The average molecular weight is 311 g/mol. The van der Waals surface area contributed by atoms with E-state index in [1.165, 1.54) is 18.5 Å². The first-order valence-electron chi connectivity index (χ1n) is 8.27. The summed E-state index contributed by atoms with van der Waals surface area (Å²) in [5, 5.41) is 0. The van der Waals surface area contributed by atoms with E-state index in [1.54, 1.807) is 6.20 Å². The van der Waals surface area contributed by atoms with Crippen molar-refractivity contribution in [1.82, 2.24) is 14.5 Å². The van der Waals surface area contributed by atoms with E-state index in [0.717, 1.165) is 6.54 Å². The highest BCUT2D eigenvalue weighted by molar-refractivity contribution is 5.76. The molecule has 0 bridgehead atoms. The Kier molecular flexibility index (Phi) is 3.77. The molecule has 2 aromatic rings. The summed E-state index contributed by atoms with van der Waals surface area (Å²) in [4.78, 5) is 18.8. The molecule has 4 rings (SSSR count). The number of fused-ring (bicyclic) bond motifs is 1. The van der Waals surface area contributed by atoms with Crippen molar-refractivity contribution >= 4 is 5.91 Å². The summed E-state index contributed by atoms with van der Waals surface area (Å²) in [6.07, 6.45) is 6.77. The van der Waals surface area contributed by atoms with Crippen LogP contribution >= 0.6 is 0 Å². The number of carbonyl (C=O) groups excluding carboxylic acids is 1. The molecule has 0 radical (unpaired) electrons. The minimum absolute atomic E-state index is 0.0818. The van der Waals surface area contributed by atoms with Crippen LogP contribution in [0.1, 0.15) is 25.0 Å². The van der Waals surface area contributed by atoms with Crippen molar-refractivity contribution in [2.24, 2.45) is 5.92 Å². The van der Waals surface area contributed by atoms with Gasteiger partial charge in [0.1, 0.15) is 6.10 Å². The first kappa shape index (κ1) is 14.3. The number of hydrogen-bond donors (Lipinski definition) is 0. The topological polar surface area (TPSA) is 47.4 Å². The number of rotatable bonds is 4. The summed E-state index contributed by atoms with van der Waals surface area (Å²) in [6.45, 7) is 2.02. The minimum atomic E-state index is -0.0818. The predicted molar refractivity (Wildman–Crippen MR) is 85.8 cm³/mol. The number of ether oxygens (including phenoxy) is 1. The maximum absolute atomic E-state index is 12.6. The van der Waals surface area contributed by atoms with Crippen molar-refractivity contribution in [3.8, 4) is 5.88 Å². The molecule has 2 aliphatic rings. The highest BCUT2D eigenvalue weighted by atomic mass is 16.5. The zero-order valence-corrected chi connectivity index (χ0v) is 13.1. The van der Waals surface area contributed by atoms with Gasteiger partial charge in [-0.2, -0.15) is 0 Å². The summed E-state index contributed by atoms with van der Waals surface area (Å²) in [5.41, 5.74) is 1.17. The van der Waals surface area contributed by atoms with Crippen LogP contribution in [-0.4, -0.2) is 33.0 Å². The molecule has 23 heavy (non-hydrogen) atoms. The third-order valence-electron chi connectivity index (χ3n) is 4.54. The number of carbonyl (C=O) groups is 1. The Morgan fingerprint density at radius 2 is 2.13 bits per heavy atom. The number of nitrogens with zero attached hydrogens (tertiary/aromatic N) is 3. The zero-order chi connectivity index (χ0) is 15.6. The number of aromatic nitrogens is 2. The van der Waals surface area contributed by atoms with E-state index in [1.807, 2.05) is 29.2 Å². The molecule has 0 spiro atoms. The Balaban J connectivity index is 1.52. The molecular weight excluding hydrogens is 290 g/mol. The van der Waals surface area contributed by atoms with Crippen LogP contribution < -0.4 is 4.74 Å². The van der Waals surface area contributed by atoms with Gasteiger partial charge in [-0.15, -0.1) is 0 Å². The van der Waals surface area contributed by atoms with Gasteiger partial charge in [-0.1, -0.05) is 6.07 Å². The van der Waals surface area contributed by atoms with Crippen LogP contribution in [0.4, 0.5) is 0 Å². The van der Waals surface area contributed by atoms with Crippen LogP contribution in [0.2, 0.25) is 0 Å². The summed E-state index contributed by atoms with van der Waals surface area (Å²) in [5.74, 6) is 1.46. The van der Waals surface area contributed by atoms with Crippen LogP contribution in [0.3, 0.4) is 0 Å². The predicted octanol–water partition coefficient (Wildman–Crippen LogP) is 2.47. The lowest BCUT2D eigenvalue weighted by molar-refractivity contribution is -0.133. The molecule has 0 unspecified atom stereocenters. The third-order valence-corrected chi connectivity index (χ3v) is 4.54. The van der Waals surface area contributed by atoms with E-state index in [4.69, 9.17) is 4.74 Å². The molecule has 0 N–H and O–H groups in total. The van der Waals surface area contributed by atoms with Gasteiger partial charge in [0.2, 0.25) is 11.8 Å². The second-order valence-corrected chi connectivity index (χ2v) is 6.48. The number of pyridine rings is 1. The fourth-order valence-electron chi connectivity index (χ4n) is 3.10. The molecule has 1 amide bonds. The van der Waals surface area contributed by atoms with E-state index >= 15 is 0 Å². The first-order chi connectivity index (χ1) is 11.3. The van der Waals surface area contributed by atoms with Gasteiger partial charge in [0.05, 0.1) is 19.6 Å². The van der Waals surface area contributed by atoms with Crippen LogP contribution in [0.5, 0.6) is 5.88 Å². The molecular formula is C18H21N3O2. The van der Waals surface area contributed by atoms with Crippen molar-refractivity contribution < 1.29 is 9.53 Å². The summed E-state index contributed by atoms with van der Waals surface area (Å²) < 4.78 is 8.22. The number of hydrogen-bond acceptors (Lipinski definition) is 3. The van der Waals surface area contributed by atoms with Crippen molar-refractivity contribution in [3.63, 3.8) is 0 Å².